The molecule has 0 aliphatic heterocycles. The van der Waals surface area contributed by atoms with Crippen LogP contribution in [0, 0.1) is 0 Å². The summed E-state index contributed by atoms with van der Waals surface area (Å²) < 4.78 is 1.51. The lowest BCUT2D eigenvalue weighted by molar-refractivity contribution is 0.673. The van der Waals surface area contributed by atoms with E-state index in [1.165, 1.54) is 35.7 Å². The van der Waals surface area contributed by atoms with E-state index < -0.39 is 0 Å². The van der Waals surface area contributed by atoms with Gasteiger partial charge in [-0.2, -0.15) is 0 Å². The maximum absolute atomic E-state index is 2.42. The van der Waals surface area contributed by atoms with Crippen molar-refractivity contribution in [1.29, 1.82) is 0 Å². The molecule has 0 N–H and O–H groups in total. The van der Waals surface area contributed by atoms with Crippen molar-refractivity contribution in [2.24, 2.45) is 0 Å². The highest BCUT2D eigenvalue weighted by Gasteiger charge is 1.89. The SMILES string of the molecule is CC=C(I)CCCCCC. The van der Waals surface area contributed by atoms with E-state index in [9.17, 15) is 0 Å². The highest BCUT2D eigenvalue weighted by molar-refractivity contribution is 14.1. The number of rotatable bonds is 5. The molecule has 0 aromatic carbocycles. The van der Waals surface area contributed by atoms with Crippen molar-refractivity contribution < 1.29 is 0 Å². The Morgan fingerprint density at radius 3 is 2.50 bits per heavy atom. The van der Waals surface area contributed by atoms with Crippen LogP contribution in [0.4, 0.5) is 0 Å². The van der Waals surface area contributed by atoms with Crippen LogP contribution in [0.15, 0.2) is 9.66 Å². The molecule has 0 spiro atoms. The summed E-state index contributed by atoms with van der Waals surface area (Å²) in [5, 5.41) is 0. The lowest BCUT2D eigenvalue weighted by Gasteiger charge is -1.97. The zero-order valence-electron chi connectivity index (χ0n) is 6.99. The molecule has 0 nitrogen and oxygen atoms in total. The van der Waals surface area contributed by atoms with Gasteiger partial charge in [0, 0.05) is 0 Å². The summed E-state index contributed by atoms with van der Waals surface area (Å²) in [5.74, 6) is 0. The first-order valence-electron chi connectivity index (χ1n) is 4.12. The number of unbranched alkanes of at least 4 members (excludes halogenated alkanes) is 3. The molecule has 0 saturated carbocycles. The van der Waals surface area contributed by atoms with Crippen LogP contribution in [-0.2, 0) is 0 Å². The Morgan fingerprint density at radius 2 is 2.00 bits per heavy atom. The van der Waals surface area contributed by atoms with Gasteiger partial charge in [0.05, 0.1) is 0 Å². The van der Waals surface area contributed by atoms with Gasteiger partial charge in [-0.25, -0.2) is 0 Å². The van der Waals surface area contributed by atoms with Crippen LogP contribution < -0.4 is 0 Å². The van der Waals surface area contributed by atoms with Crippen molar-refractivity contribution in [3.05, 3.63) is 9.66 Å². The third kappa shape index (κ3) is 6.59. The van der Waals surface area contributed by atoms with Gasteiger partial charge >= 0.3 is 0 Å². The lowest BCUT2D eigenvalue weighted by Crippen LogP contribution is -1.76. The van der Waals surface area contributed by atoms with E-state index >= 15 is 0 Å². The molecule has 0 atom stereocenters. The average Bonchev–Trinajstić information content (AvgIpc) is 1.98. The quantitative estimate of drug-likeness (QED) is 0.505. The molecule has 10 heavy (non-hydrogen) atoms. The topological polar surface area (TPSA) is 0 Å². The first-order valence-corrected chi connectivity index (χ1v) is 5.19. The largest absolute Gasteiger partial charge is 0.0784 e. The standard InChI is InChI=1S/C9H17I/c1-3-5-6-7-8-9(10)4-2/h4H,3,5-8H2,1-2H3. The second-order valence-corrected chi connectivity index (χ2v) is 3.93. The fraction of sp³-hybridized carbons (Fsp3) is 0.778. The molecule has 0 heterocycles. The van der Waals surface area contributed by atoms with E-state index in [4.69, 9.17) is 0 Å². The minimum Gasteiger partial charge on any atom is -0.0784 e. The molecular formula is C9H17I. The molecule has 0 rings (SSSR count). The molecule has 0 aliphatic rings. The third-order valence-electron chi connectivity index (χ3n) is 1.58. The monoisotopic (exact) mass is 252 g/mol. The molecule has 0 aliphatic carbocycles. The molecule has 0 radical (unpaired) electrons. The molecule has 0 unspecified atom stereocenters. The minimum absolute atomic E-state index is 1.29. The number of allylic oxidation sites excluding steroid dienone is 2. The van der Waals surface area contributed by atoms with Gasteiger partial charge < -0.3 is 0 Å². The molecule has 0 aromatic rings. The van der Waals surface area contributed by atoms with Crippen molar-refractivity contribution in [2.45, 2.75) is 46.0 Å². The van der Waals surface area contributed by atoms with Gasteiger partial charge in [0.2, 0.25) is 0 Å². The average molecular weight is 252 g/mol. The summed E-state index contributed by atoms with van der Waals surface area (Å²) in [6.45, 7) is 4.36. The van der Waals surface area contributed by atoms with Crippen LogP contribution in [-0.4, -0.2) is 0 Å². The summed E-state index contributed by atoms with van der Waals surface area (Å²) >= 11 is 2.42. The predicted molar refractivity (Wildman–Crippen MR) is 56.5 cm³/mol. The fourth-order valence-corrected chi connectivity index (χ4v) is 1.25. The molecule has 0 bridgehead atoms. The number of hydrogen-bond acceptors (Lipinski definition) is 0. The number of hydrogen-bond donors (Lipinski definition) is 0. The Hall–Kier alpha value is 0.470. The van der Waals surface area contributed by atoms with Gasteiger partial charge in [0.1, 0.15) is 0 Å². The highest BCUT2D eigenvalue weighted by atomic mass is 127. The zero-order chi connectivity index (χ0) is 7.82. The molecule has 60 valence electrons. The van der Waals surface area contributed by atoms with Gasteiger partial charge in [-0.3, -0.25) is 0 Å². The van der Waals surface area contributed by atoms with Crippen LogP contribution >= 0.6 is 22.6 Å². The van der Waals surface area contributed by atoms with Gasteiger partial charge in [-0.15, -0.1) is 0 Å². The Kier molecular flexibility index (Phi) is 7.93. The Morgan fingerprint density at radius 1 is 1.30 bits per heavy atom. The van der Waals surface area contributed by atoms with Crippen molar-refractivity contribution in [3.8, 4) is 0 Å². The maximum Gasteiger partial charge on any atom is -0.0137 e. The summed E-state index contributed by atoms with van der Waals surface area (Å²) in [5.41, 5.74) is 0. The van der Waals surface area contributed by atoms with Crippen LogP contribution in [0.2, 0.25) is 0 Å². The first-order chi connectivity index (χ1) is 4.81. The molecule has 0 saturated heterocycles. The molecular weight excluding hydrogens is 235 g/mol. The van der Waals surface area contributed by atoms with Crippen molar-refractivity contribution in [1.82, 2.24) is 0 Å². The minimum atomic E-state index is 1.29. The maximum atomic E-state index is 2.42. The summed E-state index contributed by atoms with van der Waals surface area (Å²) in [4.78, 5) is 0. The van der Waals surface area contributed by atoms with Crippen molar-refractivity contribution >= 4 is 22.6 Å². The zero-order valence-corrected chi connectivity index (χ0v) is 9.15. The van der Waals surface area contributed by atoms with Gasteiger partial charge in [-0.05, 0) is 45.9 Å². The van der Waals surface area contributed by atoms with E-state index in [2.05, 4.69) is 42.5 Å². The van der Waals surface area contributed by atoms with Gasteiger partial charge in [0.25, 0.3) is 0 Å². The smallest absolute Gasteiger partial charge is 0.0137 e. The van der Waals surface area contributed by atoms with E-state index in [1.807, 2.05) is 0 Å². The highest BCUT2D eigenvalue weighted by Crippen LogP contribution is 2.15. The summed E-state index contributed by atoms with van der Waals surface area (Å²) in [6.07, 6.45) is 9.00. The fourth-order valence-electron chi connectivity index (χ4n) is 0.865. The summed E-state index contributed by atoms with van der Waals surface area (Å²) in [6, 6.07) is 0. The van der Waals surface area contributed by atoms with Crippen molar-refractivity contribution in [3.63, 3.8) is 0 Å². The normalized spacial score (nSPS) is 12.1. The first kappa shape index (κ1) is 10.5. The van der Waals surface area contributed by atoms with E-state index in [0.29, 0.717) is 0 Å². The Labute approximate surface area is 78.2 Å². The molecule has 0 aromatic heterocycles. The summed E-state index contributed by atoms with van der Waals surface area (Å²) in [7, 11) is 0. The second kappa shape index (κ2) is 7.58. The van der Waals surface area contributed by atoms with Crippen LogP contribution in [0.3, 0.4) is 0 Å². The Bertz CT molecular complexity index is 94.9. The molecule has 0 amide bonds. The number of halogens is 1. The lowest BCUT2D eigenvalue weighted by atomic mass is 10.1. The van der Waals surface area contributed by atoms with E-state index in [1.54, 1.807) is 0 Å². The second-order valence-electron chi connectivity index (χ2n) is 2.55. The predicted octanol–water partition coefficient (Wildman–Crippen LogP) is 4.30. The van der Waals surface area contributed by atoms with Crippen LogP contribution in [0.1, 0.15) is 46.0 Å². The van der Waals surface area contributed by atoms with E-state index in [-0.39, 0.29) is 0 Å². The molecule has 0 fully saturated rings. The molecule has 1 heteroatoms. The van der Waals surface area contributed by atoms with Crippen LogP contribution in [0.25, 0.3) is 0 Å². The van der Waals surface area contributed by atoms with Gasteiger partial charge in [0.15, 0.2) is 0 Å². The van der Waals surface area contributed by atoms with E-state index in [0.717, 1.165) is 0 Å². The third-order valence-corrected chi connectivity index (χ3v) is 2.74. The Balaban J connectivity index is 3.04. The van der Waals surface area contributed by atoms with Crippen molar-refractivity contribution in [2.75, 3.05) is 0 Å². The van der Waals surface area contributed by atoms with Crippen LogP contribution in [0.5, 0.6) is 0 Å². The van der Waals surface area contributed by atoms with Gasteiger partial charge in [-0.1, -0.05) is 32.3 Å².